The maximum Gasteiger partial charge on any atom is 0.131 e. The van der Waals surface area contributed by atoms with Crippen LogP contribution < -0.4 is 5.32 Å². The molecule has 0 radical (unpaired) electrons. The van der Waals surface area contributed by atoms with E-state index in [0.717, 1.165) is 16.8 Å². The van der Waals surface area contributed by atoms with Gasteiger partial charge in [0.1, 0.15) is 5.15 Å². The zero-order chi connectivity index (χ0) is 14.7. The van der Waals surface area contributed by atoms with E-state index in [0.29, 0.717) is 18.2 Å². The smallest absolute Gasteiger partial charge is 0.131 e. The molecule has 0 saturated heterocycles. The number of benzene rings is 1. The lowest BCUT2D eigenvalue weighted by molar-refractivity contribution is 0.174. The van der Waals surface area contributed by atoms with Crippen molar-refractivity contribution in [2.45, 2.75) is 26.5 Å². The third-order valence-corrected chi connectivity index (χ3v) is 3.84. The minimum Gasteiger partial charge on any atom is -0.387 e. The van der Waals surface area contributed by atoms with Crippen LogP contribution in [0.25, 0.3) is 0 Å². The second kappa shape index (κ2) is 6.39. The summed E-state index contributed by atoms with van der Waals surface area (Å²) in [5.74, 6) is 0. The molecule has 0 amide bonds. The monoisotopic (exact) mass is 293 g/mol. The SMILES string of the molecule is Cc1ccc(C(O)CNCc2c(C)nn(C)c2Cl)cc1. The number of nitrogens with zero attached hydrogens (tertiary/aromatic N) is 2. The van der Waals surface area contributed by atoms with E-state index >= 15 is 0 Å². The fraction of sp³-hybridized carbons (Fsp3) is 0.400. The molecule has 1 atom stereocenters. The van der Waals surface area contributed by atoms with Gasteiger partial charge in [0.05, 0.1) is 11.8 Å². The highest BCUT2D eigenvalue weighted by atomic mass is 35.5. The Kier molecular flexibility index (Phi) is 4.81. The predicted molar refractivity (Wildman–Crippen MR) is 80.8 cm³/mol. The molecule has 5 heteroatoms. The van der Waals surface area contributed by atoms with E-state index in [2.05, 4.69) is 10.4 Å². The van der Waals surface area contributed by atoms with Crippen LogP contribution in [0.2, 0.25) is 5.15 Å². The van der Waals surface area contributed by atoms with E-state index in [1.54, 1.807) is 4.68 Å². The Morgan fingerprint density at radius 1 is 1.30 bits per heavy atom. The van der Waals surface area contributed by atoms with Gasteiger partial charge in [-0.1, -0.05) is 41.4 Å². The minimum atomic E-state index is -0.522. The number of halogens is 1. The topological polar surface area (TPSA) is 50.1 Å². The number of rotatable bonds is 5. The molecule has 2 rings (SSSR count). The maximum atomic E-state index is 10.1. The van der Waals surface area contributed by atoms with Crippen molar-refractivity contribution in [1.82, 2.24) is 15.1 Å². The van der Waals surface area contributed by atoms with E-state index in [1.807, 2.05) is 45.2 Å². The second-order valence-electron chi connectivity index (χ2n) is 5.04. The summed E-state index contributed by atoms with van der Waals surface area (Å²) in [5.41, 5.74) is 3.99. The molecule has 0 bridgehead atoms. The molecule has 4 nitrogen and oxygen atoms in total. The fourth-order valence-electron chi connectivity index (χ4n) is 2.12. The Hall–Kier alpha value is -1.36. The molecule has 1 heterocycles. The lowest BCUT2D eigenvalue weighted by Gasteiger charge is -2.12. The maximum absolute atomic E-state index is 10.1. The molecular weight excluding hydrogens is 274 g/mol. The number of aromatic nitrogens is 2. The Bertz CT molecular complexity index is 578. The van der Waals surface area contributed by atoms with E-state index in [4.69, 9.17) is 11.6 Å². The Morgan fingerprint density at radius 2 is 1.95 bits per heavy atom. The van der Waals surface area contributed by atoms with Gasteiger partial charge in [-0.15, -0.1) is 0 Å². The Balaban J connectivity index is 1.91. The molecule has 0 aliphatic heterocycles. The molecule has 0 fully saturated rings. The summed E-state index contributed by atoms with van der Waals surface area (Å²) < 4.78 is 1.66. The van der Waals surface area contributed by atoms with Crippen molar-refractivity contribution in [1.29, 1.82) is 0 Å². The van der Waals surface area contributed by atoms with Crippen molar-refractivity contribution in [2.75, 3.05) is 6.54 Å². The van der Waals surface area contributed by atoms with Gasteiger partial charge >= 0.3 is 0 Å². The largest absolute Gasteiger partial charge is 0.387 e. The van der Waals surface area contributed by atoms with Gasteiger partial charge in [0.2, 0.25) is 0 Å². The average Bonchev–Trinajstić information content (AvgIpc) is 2.65. The number of hydrogen-bond acceptors (Lipinski definition) is 3. The van der Waals surface area contributed by atoms with Gasteiger partial charge in [0, 0.05) is 25.7 Å². The summed E-state index contributed by atoms with van der Waals surface area (Å²) in [4.78, 5) is 0. The van der Waals surface area contributed by atoms with E-state index in [-0.39, 0.29) is 0 Å². The zero-order valence-electron chi connectivity index (χ0n) is 12.0. The van der Waals surface area contributed by atoms with Crippen LogP contribution >= 0.6 is 11.6 Å². The van der Waals surface area contributed by atoms with Gasteiger partial charge in [0.15, 0.2) is 0 Å². The molecule has 0 aliphatic carbocycles. The predicted octanol–water partition coefficient (Wildman–Crippen LogP) is 2.51. The molecule has 2 N–H and O–H groups in total. The van der Waals surface area contributed by atoms with Crippen LogP contribution in [-0.4, -0.2) is 21.4 Å². The van der Waals surface area contributed by atoms with Gasteiger partial charge in [-0.2, -0.15) is 5.10 Å². The van der Waals surface area contributed by atoms with Crippen molar-refractivity contribution in [3.63, 3.8) is 0 Å². The van der Waals surface area contributed by atoms with Crippen molar-refractivity contribution < 1.29 is 5.11 Å². The quantitative estimate of drug-likeness (QED) is 0.890. The van der Waals surface area contributed by atoms with Crippen LogP contribution in [0, 0.1) is 13.8 Å². The van der Waals surface area contributed by atoms with E-state index in [9.17, 15) is 5.11 Å². The van der Waals surface area contributed by atoms with Crippen molar-refractivity contribution in [2.24, 2.45) is 7.05 Å². The van der Waals surface area contributed by atoms with Gasteiger partial charge in [-0.25, -0.2) is 0 Å². The molecule has 2 aromatic rings. The summed E-state index contributed by atoms with van der Waals surface area (Å²) in [7, 11) is 1.82. The number of aliphatic hydroxyl groups excluding tert-OH is 1. The van der Waals surface area contributed by atoms with Crippen molar-refractivity contribution >= 4 is 11.6 Å². The summed E-state index contributed by atoms with van der Waals surface area (Å²) in [5, 5.41) is 18.2. The molecule has 108 valence electrons. The summed E-state index contributed by atoms with van der Waals surface area (Å²) in [6, 6.07) is 7.90. The van der Waals surface area contributed by atoms with Crippen LogP contribution in [0.3, 0.4) is 0 Å². The summed E-state index contributed by atoms with van der Waals surface area (Å²) in [6.07, 6.45) is -0.522. The molecule has 1 aromatic carbocycles. The van der Waals surface area contributed by atoms with Gasteiger partial charge in [0.25, 0.3) is 0 Å². The van der Waals surface area contributed by atoms with Gasteiger partial charge in [-0.05, 0) is 19.4 Å². The first-order valence-corrected chi connectivity index (χ1v) is 7.00. The second-order valence-corrected chi connectivity index (χ2v) is 5.39. The fourth-order valence-corrected chi connectivity index (χ4v) is 2.36. The highest BCUT2D eigenvalue weighted by molar-refractivity contribution is 6.30. The molecule has 0 aliphatic rings. The lowest BCUT2D eigenvalue weighted by Crippen LogP contribution is -2.21. The Labute approximate surface area is 124 Å². The summed E-state index contributed by atoms with van der Waals surface area (Å²) >= 11 is 6.16. The van der Waals surface area contributed by atoms with Crippen LogP contribution in [-0.2, 0) is 13.6 Å². The first-order valence-electron chi connectivity index (χ1n) is 6.62. The van der Waals surface area contributed by atoms with E-state index < -0.39 is 6.10 Å². The van der Waals surface area contributed by atoms with Gasteiger partial charge < -0.3 is 10.4 Å². The van der Waals surface area contributed by atoms with Crippen LogP contribution in [0.15, 0.2) is 24.3 Å². The molecule has 1 unspecified atom stereocenters. The molecule has 0 saturated carbocycles. The number of aliphatic hydroxyl groups is 1. The van der Waals surface area contributed by atoms with Crippen LogP contribution in [0.5, 0.6) is 0 Å². The summed E-state index contributed by atoms with van der Waals surface area (Å²) in [6.45, 7) is 5.04. The zero-order valence-corrected chi connectivity index (χ0v) is 12.8. The van der Waals surface area contributed by atoms with Crippen molar-refractivity contribution in [3.05, 3.63) is 51.8 Å². The molecule has 0 spiro atoms. The third kappa shape index (κ3) is 3.39. The number of aryl methyl sites for hydroxylation is 3. The third-order valence-electron chi connectivity index (χ3n) is 3.37. The standard InChI is InChI=1S/C15H20ClN3O/c1-10-4-6-12(7-5-10)14(20)9-17-8-13-11(2)18-19(3)15(13)16/h4-7,14,17,20H,8-9H2,1-3H3. The number of nitrogens with one attached hydrogen (secondary N) is 1. The Morgan fingerprint density at radius 3 is 2.50 bits per heavy atom. The normalized spacial score (nSPS) is 12.7. The first-order chi connectivity index (χ1) is 9.49. The van der Waals surface area contributed by atoms with Gasteiger partial charge in [-0.3, -0.25) is 4.68 Å². The van der Waals surface area contributed by atoms with Crippen LogP contribution in [0.1, 0.15) is 28.5 Å². The van der Waals surface area contributed by atoms with E-state index in [1.165, 1.54) is 5.56 Å². The number of hydrogen-bond donors (Lipinski definition) is 2. The minimum absolute atomic E-state index is 0.480. The molecule has 20 heavy (non-hydrogen) atoms. The molecular formula is C15H20ClN3O. The molecule has 1 aromatic heterocycles. The average molecular weight is 294 g/mol. The van der Waals surface area contributed by atoms with Crippen LogP contribution in [0.4, 0.5) is 0 Å². The first kappa shape index (κ1) is 15.0. The highest BCUT2D eigenvalue weighted by Gasteiger charge is 2.12. The lowest BCUT2D eigenvalue weighted by atomic mass is 10.1. The van der Waals surface area contributed by atoms with Crippen molar-refractivity contribution in [3.8, 4) is 0 Å². The highest BCUT2D eigenvalue weighted by Crippen LogP contribution is 2.18.